The van der Waals surface area contributed by atoms with Gasteiger partial charge in [-0.2, -0.15) is 0 Å². The third-order valence-corrected chi connectivity index (χ3v) is 4.32. The number of benzene rings is 3. The van der Waals surface area contributed by atoms with Crippen molar-refractivity contribution in [3.05, 3.63) is 88.5 Å². The summed E-state index contributed by atoms with van der Waals surface area (Å²) in [5, 5.41) is 10.8. The number of hydrogen-bond donors (Lipinski definition) is 0. The summed E-state index contributed by atoms with van der Waals surface area (Å²) in [6, 6.07) is 22.1. The van der Waals surface area contributed by atoms with E-state index < -0.39 is 4.92 Å². The van der Waals surface area contributed by atoms with Crippen molar-refractivity contribution < 1.29 is 9.66 Å². The average Bonchev–Trinajstić information content (AvgIpc) is 2.63. The first-order chi connectivity index (χ1) is 12.1. The van der Waals surface area contributed by atoms with Crippen LogP contribution < -0.4 is 4.74 Å². The van der Waals surface area contributed by atoms with Gasteiger partial charge in [0.1, 0.15) is 11.5 Å². The SMILES string of the molecule is CC(Br)c1cccc(-c2ccccc2)c1Oc1ccc([N+](=O)[O-])cc1. The van der Waals surface area contributed by atoms with Crippen LogP contribution in [0.2, 0.25) is 0 Å². The van der Waals surface area contributed by atoms with Crippen LogP contribution in [0.15, 0.2) is 72.8 Å². The lowest BCUT2D eigenvalue weighted by molar-refractivity contribution is -0.384. The molecule has 0 saturated carbocycles. The number of para-hydroxylation sites is 1. The quantitative estimate of drug-likeness (QED) is 0.280. The number of hydrogen-bond acceptors (Lipinski definition) is 3. The molecule has 0 saturated heterocycles. The predicted molar refractivity (Wildman–Crippen MR) is 102 cm³/mol. The van der Waals surface area contributed by atoms with Crippen LogP contribution in [0.1, 0.15) is 17.3 Å². The average molecular weight is 398 g/mol. The molecule has 1 atom stereocenters. The van der Waals surface area contributed by atoms with Gasteiger partial charge in [0, 0.05) is 28.1 Å². The molecule has 0 fully saturated rings. The maximum atomic E-state index is 10.8. The van der Waals surface area contributed by atoms with E-state index >= 15 is 0 Å². The molecule has 126 valence electrons. The fraction of sp³-hybridized carbons (Fsp3) is 0.100. The van der Waals surface area contributed by atoms with Crippen LogP contribution in [-0.4, -0.2) is 4.92 Å². The second-order valence-corrected chi connectivity index (χ2v) is 6.93. The number of halogens is 1. The van der Waals surface area contributed by atoms with Crippen molar-refractivity contribution >= 4 is 21.6 Å². The lowest BCUT2D eigenvalue weighted by Crippen LogP contribution is -1.96. The number of non-ortho nitro benzene ring substituents is 1. The Balaban J connectivity index is 2.05. The van der Waals surface area contributed by atoms with Gasteiger partial charge in [0.25, 0.3) is 5.69 Å². The van der Waals surface area contributed by atoms with Crippen molar-refractivity contribution in [3.8, 4) is 22.6 Å². The molecule has 3 rings (SSSR count). The molecular formula is C20H16BrNO3. The van der Waals surface area contributed by atoms with Gasteiger partial charge in [0.2, 0.25) is 0 Å². The smallest absolute Gasteiger partial charge is 0.269 e. The van der Waals surface area contributed by atoms with E-state index in [-0.39, 0.29) is 10.5 Å². The molecule has 5 heteroatoms. The molecule has 0 aliphatic heterocycles. The molecule has 1 unspecified atom stereocenters. The maximum absolute atomic E-state index is 10.8. The molecule has 0 radical (unpaired) electrons. The Morgan fingerprint density at radius 1 is 0.960 bits per heavy atom. The van der Waals surface area contributed by atoms with Crippen LogP contribution in [0.4, 0.5) is 5.69 Å². The van der Waals surface area contributed by atoms with Gasteiger partial charge >= 0.3 is 0 Å². The topological polar surface area (TPSA) is 52.4 Å². The summed E-state index contributed by atoms with van der Waals surface area (Å²) in [4.78, 5) is 10.5. The lowest BCUT2D eigenvalue weighted by Gasteiger charge is -2.17. The fourth-order valence-electron chi connectivity index (χ4n) is 2.58. The highest BCUT2D eigenvalue weighted by atomic mass is 79.9. The Kier molecular flexibility index (Phi) is 5.14. The van der Waals surface area contributed by atoms with Crippen molar-refractivity contribution in [1.29, 1.82) is 0 Å². The van der Waals surface area contributed by atoms with Crippen molar-refractivity contribution in [2.45, 2.75) is 11.8 Å². The largest absolute Gasteiger partial charge is 0.456 e. The summed E-state index contributed by atoms with van der Waals surface area (Å²) in [6.45, 7) is 2.03. The van der Waals surface area contributed by atoms with E-state index in [4.69, 9.17) is 4.74 Å². The monoisotopic (exact) mass is 397 g/mol. The molecule has 0 aliphatic carbocycles. The standard InChI is InChI=1S/C20H16BrNO3/c1-14(21)18-8-5-9-19(15-6-3-2-4-7-15)20(18)25-17-12-10-16(11-13-17)22(23)24/h2-14H,1H3. The minimum Gasteiger partial charge on any atom is -0.456 e. The molecule has 0 N–H and O–H groups in total. The summed E-state index contributed by atoms with van der Waals surface area (Å²) in [5.74, 6) is 1.30. The summed E-state index contributed by atoms with van der Waals surface area (Å²) >= 11 is 3.61. The highest BCUT2D eigenvalue weighted by Crippen LogP contribution is 2.41. The van der Waals surface area contributed by atoms with Gasteiger partial charge in [0.15, 0.2) is 0 Å². The zero-order chi connectivity index (χ0) is 17.8. The number of nitro benzene ring substituents is 1. The Labute approximate surface area is 154 Å². The summed E-state index contributed by atoms with van der Waals surface area (Å²) < 4.78 is 6.14. The van der Waals surface area contributed by atoms with E-state index in [0.29, 0.717) is 5.75 Å². The third kappa shape index (κ3) is 3.88. The highest BCUT2D eigenvalue weighted by Gasteiger charge is 2.16. The Bertz CT molecular complexity index is 877. The van der Waals surface area contributed by atoms with Gasteiger partial charge in [-0.1, -0.05) is 64.5 Å². The molecule has 3 aromatic rings. The first-order valence-corrected chi connectivity index (χ1v) is 8.72. The van der Waals surface area contributed by atoms with Crippen molar-refractivity contribution in [2.24, 2.45) is 0 Å². The fourth-order valence-corrected chi connectivity index (χ4v) is 2.94. The highest BCUT2D eigenvalue weighted by molar-refractivity contribution is 9.09. The molecule has 4 nitrogen and oxygen atoms in total. The lowest BCUT2D eigenvalue weighted by atomic mass is 10.00. The number of nitrogens with zero attached hydrogens (tertiary/aromatic N) is 1. The van der Waals surface area contributed by atoms with E-state index in [2.05, 4.69) is 15.9 Å². The summed E-state index contributed by atoms with van der Waals surface area (Å²) in [5.41, 5.74) is 3.08. The van der Waals surface area contributed by atoms with Crippen LogP contribution in [0.3, 0.4) is 0 Å². The Morgan fingerprint density at radius 2 is 1.64 bits per heavy atom. The van der Waals surface area contributed by atoms with Gasteiger partial charge in [-0.25, -0.2) is 0 Å². The van der Waals surface area contributed by atoms with Crippen LogP contribution in [-0.2, 0) is 0 Å². The second-order valence-electron chi connectivity index (χ2n) is 5.56. The number of ether oxygens (including phenoxy) is 1. The van der Waals surface area contributed by atoms with Crippen molar-refractivity contribution in [3.63, 3.8) is 0 Å². The van der Waals surface area contributed by atoms with Gasteiger partial charge in [0.05, 0.1) is 4.92 Å². The minimum absolute atomic E-state index is 0.0396. The molecule has 0 amide bonds. The molecule has 0 spiro atoms. The zero-order valence-corrected chi connectivity index (χ0v) is 15.1. The van der Waals surface area contributed by atoms with E-state index in [0.717, 1.165) is 22.4 Å². The van der Waals surface area contributed by atoms with E-state index in [1.807, 2.05) is 55.5 Å². The van der Waals surface area contributed by atoms with Gasteiger partial charge in [-0.15, -0.1) is 0 Å². The molecule has 0 bridgehead atoms. The summed E-state index contributed by atoms with van der Waals surface area (Å²) in [7, 11) is 0. The van der Waals surface area contributed by atoms with Crippen LogP contribution in [0, 0.1) is 10.1 Å². The number of rotatable bonds is 5. The predicted octanol–water partition coefficient (Wildman–Crippen LogP) is 6.51. The minimum atomic E-state index is -0.423. The van der Waals surface area contributed by atoms with Crippen LogP contribution >= 0.6 is 15.9 Å². The third-order valence-electron chi connectivity index (χ3n) is 3.83. The zero-order valence-electron chi connectivity index (χ0n) is 13.6. The Hall–Kier alpha value is -2.66. The molecule has 0 heterocycles. The molecule has 3 aromatic carbocycles. The van der Waals surface area contributed by atoms with E-state index in [1.165, 1.54) is 12.1 Å². The van der Waals surface area contributed by atoms with Gasteiger partial charge in [-0.05, 0) is 24.6 Å². The first kappa shape index (κ1) is 17.2. The van der Waals surface area contributed by atoms with E-state index in [9.17, 15) is 10.1 Å². The van der Waals surface area contributed by atoms with Crippen LogP contribution in [0.5, 0.6) is 11.5 Å². The van der Waals surface area contributed by atoms with Gasteiger partial charge in [-0.3, -0.25) is 10.1 Å². The normalized spacial score (nSPS) is 11.8. The second kappa shape index (κ2) is 7.49. The molecule has 0 aliphatic rings. The van der Waals surface area contributed by atoms with E-state index in [1.54, 1.807) is 12.1 Å². The maximum Gasteiger partial charge on any atom is 0.269 e. The van der Waals surface area contributed by atoms with Crippen molar-refractivity contribution in [2.75, 3.05) is 0 Å². The molecule has 0 aromatic heterocycles. The molecular weight excluding hydrogens is 382 g/mol. The Morgan fingerprint density at radius 3 is 2.24 bits per heavy atom. The van der Waals surface area contributed by atoms with Crippen molar-refractivity contribution in [1.82, 2.24) is 0 Å². The molecule has 25 heavy (non-hydrogen) atoms. The first-order valence-electron chi connectivity index (χ1n) is 7.81. The van der Waals surface area contributed by atoms with Gasteiger partial charge < -0.3 is 4.74 Å². The number of nitro groups is 1. The number of alkyl halides is 1. The summed E-state index contributed by atoms with van der Waals surface area (Å²) in [6.07, 6.45) is 0. The van der Waals surface area contributed by atoms with Crippen LogP contribution in [0.25, 0.3) is 11.1 Å².